The topological polar surface area (TPSA) is 38.3 Å². The first-order valence-electron chi connectivity index (χ1n) is 7.30. The van der Waals surface area contributed by atoms with Crippen molar-refractivity contribution in [1.29, 1.82) is 0 Å². The van der Waals surface area contributed by atoms with Crippen LogP contribution in [0.1, 0.15) is 24.5 Å². The van der Waals surface area contributed by atoms with Gasteiger partial charge in [0, 0.05) is 19.4 Å². The van der Waals surface area contributed by atoms with Crippen molar-refractivity contribution in [2.24, 2.45) is 0 Å². The number of hydrogen-bond donors (Lipinski definition) is 1. The van der Waals surface area contributed by atoms with Gasteiger partial charge in [-0.1, -0.05) is 49.4 Å². The minimum Gasteiger partial charge on any atom is -0.493 e. The number of amides is 1. The van der Waals surface area contributed by atoms with Gasteiger partial charge in [0.1, 0.15) is 5.75 Å². The molecule has 1 amide bonds. The first kappa shape index (κ1) is 15.1. The highest BCUT2D eigenvalue weighted by atomic mass is 16.5. The summed E-state index contributed by atoms with van der Waals surface area (Å²) in [6, 6.07) is 18.1. The lowest BCUT2D eigenvalue weighted by atomic mass is 10.1. The van der Waals surface area contributed by atoms with Gasteiger partial charge in [-0.05, 0) is 23.3 Å². The second kappa shape index (κ2) is 8.10. The quantitative estimate of drug-likeness (QED) is 0.846. The predicted octanol–water partition coefficient (Wildman–Crippen LogP) is 3.33. The number of ether oxygens (including phenoxy) is 1. The molecule has 0 radical (unpaired) electrons. The summed E-state index contributed by atoms with van der Waals surface area (Å²) in [6.45, 7) is 3.08. The molecule has 110 valence electrons. The second-order valence-corrected chi connectivity index (χ2v) is 4.86. The van der Waals surface area contributed by atoms with Crippen molar-refractivity contribution >= 4 is 5.91 Å². The van der Waals surface area contributed by atoms with Crippen molar-refractivity contribution < 1.29 is 9.53 Å². The first-order chi connectivity index (χ1) is 10.3. The van der Waals surface area contributed by atoms with Gasteiger partial charge in [-0.25, -0.2) is 0 Å². The fourth-order valence-corrected chi connectivity index (χ4v) is 2.02. The molecule has 1 N–H and O–H groups in total. The molecular formula is C18H21NO2. The average molecular weight is 283 g/mol. The largest absolute Gasteiger partial charge is 0.493 e. The van der Waals surface area contributed by atoms with Gasteiger partial charge in [0.25, 0.3) is 0 Å². The fraction of sp³-hybridized carbons (Fsp3) is 0.278. The molecule has 0 fully saturated rings. The molecule has 2 aromatic carbocycles. The number of nitrogens with one attached hydrogen (secondary N) is 1. The van der Waals surface area contributed by atoms with Crippen LogP contribution in [0.15, 0.2) is 54.6 Å². The summed E-state index contributed by atoms with van der Waals surface area (Å²) >= 11 is 0. The molecule has 0 saturated heterocycles. The maximum absolute atomic E-state index is 11.3. The molecule has 0 unspecified atom stereocenters. The van der Waals surface area contributed by atoms with Crippen molar-refractivity contribution in [3.8, 4) is 5.75 Å². The van der Waals surface area contributed by atoms with Crippen LogP contribution >= 0.6 is 0 Å². The summed E-state index contributed by atoms with van der Waals surface area (Å²) in [6.07, 6.45) is 1.37. The molecule has 2 aromatic rings. The van der Waals surface area contributed by atoms with E-state index in [0.29, 0.717) is 19.6 Å². The summed E-state index contributed by atoms with van der Waals surface area (Å²) in [5.74, 6) is 0.969. The van der Waals surface area contributed by atoms with E-state index in [2.05, 4.69) is 17.4 Å². The van der Waals surface area contributed by atoms with Crippen molar-refractivity contribution in [2.75, 3.05) is 6.61 Å². The van der Waals surface area contributed by atoms with E-state index in [-0.39, 0.29) is 5.91 Å². The monoisotopic (exact) mass is 283 g/mol. The van der Waals surface area contributed by atoms with E-state index in [1.54, 1.807) is 0 Å². The van der Waals surface area contributed by atoms with Gasteiger partial charge in [0.2, 0.25) is 5.91 Å². The fourth-order valence-electron chi connectivity index (χ4n) is 2.02. The Morgan fingerprint density at radius 2 is 1.81 bits per heavy atom. The van der Waals surface area contributed by atoms with E-state index in [0.717, 1.165) is 17.7 Å². The molecule has 0 aromatic heterocycles. The Labute approximate surface area is 126 Å². The highest BCUT2D eigenvalue weighted by Gasteiger charge is 2.00. The summed E-state index contributed by atoms with van der Waals surface area (Å²) in [5, 5.41) is 2.89. The highest BCUT2D eigenvalue weighted by molar-refractivity contribution is 5.75. The minimum atomic E-state index is 0.0767. The SMILES string of the molecule is CCC(=O)NCc1cccc(CCOc2ccccc2)c1. The molecule has 2 rings (SSSR count). The normalized spacial score (nSPS) is 10.1. The van der Waals surface area contributed by atoms with Crippen molar-refractivity contribution in [3.05, 3.63) is 65.7 Å². The van der Waals surface area contributed by atoms with Gasteiger partial charge in [-0.15, -0.1) is 0 Å². The summed E-state index contributed by atoms with van der Waals surface area (Å²) in [7, 11) is 0. The van der Waals surface area contributed by atoms with Crippen LogP contribution in [0.2, 0.25) is 0 Å². The number of para-hydroxylation sites is 1. The van der Waals surface area contributed by atoms with E-state index in [4.69, 9.17) is 4.74 Å². The van der Waals surface area contributed by atoms with Gasteiger partial charge >= 0.3 is 0 Å². The third kappa shape index (κ3) is 5.30. The average Bonchev–Trinajstić information content (AvgIpc) is 2.54. The predicted molar refractivity (Wildman–Crippen MR) is 84.2 cm³/mol. The third-order valence-electron chi connectivity index (χ3n) is 3.20. The molecule has 0 saturated carbocycles. The van der Waals surface area contributed by atoms with E-state index < -0.39 is 0 Å². The standard InChI is InChI=1S/C18H21NO2/c1-2-18(20)19-14-16-8-6-7-15(13-16)11-12-21-17-9-4-3-5-10-17/h3-10,13H,2,11-12,14H2,1H3,(H,19,20). The Hall–Kier alpha value is -2.29. The summed E-state index contributed by atoms with van der Waals surface area (Å²) in [4.78, 5) is 11.3. The third-order valence-corrected chi connectivity index (χ3v) is 3.20. The zero-order valence-electron chi connectivity index (χ0n) is 12.3. The highest BCUT2D eigenvalue weighted by Crippen LogP contribution is 2.10. The van der Waals surface area contributed by atoms with E-state index in [1.165, 1.54) is 5.56 Å². The second-order valence-electron chi connectivity index (χ2n) is 4.86. The first-order valence-corrected chi connectivity index (χ1v) is 7.30. The molecule has 0 aliphatic carbocycles. The summed E-state index contributed by atoms with van der Waals surface area (Å²) < 4.78 is 5.70. The van der Waals surface area contributed by atoms with Gasteiger partial charge in [-0.2, -0.15) is 0 Å². The maximum Gasteiger partial charge on any atom is 0.219 e. The van der Waals surface area contributed by atoms with Crippen molar-refractivity contribution in [1.82, 2.24) is 5.32 Å². The van der Waals surface area contributed by atoms with Crippen molar-refractivity contribution in [3.63, 3.8) is 0 Å². The molecule has 0 atom stereocenters. The van der Waals surface area contributed by atoms with Gasteiger partial charge < -0.3 is 10.1 Å². The Morgan fingerprint density at radius 1 is 1.05 bits per heavy atom. The van der Waals surface area contributed by atoms with Crippen LogP contribution in [0.5, 0.6) is 5.75 Å². The van der Waals surface area contributed by atoms with Crippen LogP contribution in [0.3, 0.4) is 0 Å². The molecule has 3 nitrogen and oxygen atoms in total. The molecule has 3 heteroatoms. The lowest BCUT2D eigenvalue weighted by Gasteiger charge is -2.08. The molecular weight excluding hydrogens is 262 g/mol. The molecule has 0 heterocycles. The summed E-state index contributed by atoms with van der Waals surface area (Å²) in [5.41, 5.74) is 2.34. The van der Waals surface area contributed by atoms with E-state index in [1.807, 2.05) is 49.4 Å². The Kier molecular flexibility index (Phi) is 5.83. The van der Waals surface area contributed by atoms with Crippen LogP contribution < -0.4 is 10.1 Å². The van der Waals surface area contributed by atoms with Crippen molar-refractivity contribution in [2.45, 2.75) is 26.3 Å². The van der Waals surface area contributed by atoms with E-state index in [9.17, 15) is 4.79 Å². The Bertz CT molecular complexity index is 566. The van der Waals surface area contributed by atoms with Crippen LogP contribution in [0, 0.1) is 0 Å². The lowest BCUT2D eigenvalue weighted by Crippen LogP contribution is -2.21. The Balaban J connectivity index is 1.82. The molecule has 0 aliphatic rings. The zero-order valence-corrected chi connectivity index (χ0v) is 12.3. The lowest BCUT2D eigenvalue weighted by molar-refractivity contribution is -0.120. The zero-order chi connectivity index (χ0) is 14.9. The number of benzene rings is 2. The number of hydrogen-bond acceptors (Lipinski definition) is 2. The van der Waals surface area contributed by atoms with Crippen LogP contribution in [0.4, 0.5) is 0 Å². The van der Waals surface area contributed by atoms with Gasteiger partial charge in [0.15, 0.2) is 0 Å². The number of carbonyl (C=O) groups excluding carboxylic acids is 1. The molecule has 0 spiro atoms. The van der Waals surface area contributed by atoms with Crippen LogP contribution in [0.25, 0.3) is 0 Å². The smallest absolute Gasteiger partial charge is 0.219 e. The van der Waals surface area contributed by atoms with Gasteiger partial charge in [-0.3, -0.25) is 4.79 Å². The number of carbonyl (C=O) groups is 1. The number of rotatable bonds is 7. The minimum absolute atomic E-state index is 0.0767. The van der Waals surface area contributed by atoms with E-state index >= 15 is 0 Å². The van der Waals surface area contributed by atoms with Gasteiger partial charge in [0.05, 0.1) is 6.61 Å². The van der Waals surface area contributed by atoms with Crippen LogP contribution in [-0.2, 0) is 17.8 Å². The Morgan fingerprint density at radius 3 is 2.57 bits per heavy atom. The van der Waals surface area contributed by atoms with Crippen LogP contribution in [-0.4, -0.2) is 12.5 Å². The molecule has 0 aliphatic heterocycles. The maximum atomic E-state index is 11.3. The molecule has 21 heavy (non-hydrogen) atoms. The molecule has 0 bridgehead atoms.